The lowest BCUT2D eigenvalue weighted by Gasteiger charge is -2.17. The first-order valence-electron chi connectivity index (χ1n) is 4.97. The van der Waals surface area contributed by atoms with Crippen LogP contribution in [-0.2, 0) is 0 Å². The van der Waals surface area contributed by atoms with Crippen molar-refractivity contribution in [2.24, 2.45) is 5.10 Å². The highest BCUT2D eigenvalue weighted by molar-refractivity contribution is 5.97. The second kappa shape index (κ2) is 2.46. The SMILES string of the molecule is Cc1nc2cc3c(cc2[nH]1)[N+](C)(C)N=C3. The standard InChI is InChI=1S/C11H13N4/c1-7-13-9-4-8-6-12-15(2,3)11(8)5-10(9)14-7/h4-6H,1-3H3,(H,13,14)/q+1. The summed E-state index contributed by atoms with van der Waals surface area (Å²) in [7, 11) is 4.13. The third kappa shape index (κ3) is 1.11. The van der Waals surface area contributed by atoms with E-state index in [0.717, 1.165) is 16.9 Å². The molecule has 1 N–H and O–H groups in total. The summed E-state index contributed by atoms with van der Waals surface area (Å²) in [6.07, 6.45) is 1.92. The summed E-state index contributed by atoms with van der Waals surface area (Å²) in [6.45, 7) is 1.97. The summed E-state index contributed by atoms with van der Waals surface area (Å²) in [4.78, 5) is 7.66. The second-order valence-electron chi connectivity index (χ2n) is 4.39. The van der Waals surface area contributed by atoms with Crippen molar-refractivity contribution in [2.45, 2.75) is 6.92 Å². The van der Waals surface area contributed by atoms with E-state index in [1.54, 1.807) is 0 Å². The molecule has 3 rings (SSSR count). The Balaban J connectivity index is 2.35. The van der Waals surface area contributed by atoms with Gasteiger partial charge in [-0.2, -0.15) is 4.59 Å². The number of hydrogen-bond acceptors (Lipinski definition) is 2. The van der Waals surface area contributed by atoms with Crippen LogP contribution in [0.4, 0.5) is 5.69 Å². The lowest BCUT2D eigenvalue weighted by atomic mass is 10.1. The van der Waals surface area contributed by atoms with Gasteiger partial charge in [-0.05, 0) is 13.0 Å². The number of aromatic amines is 1. The van der Waals surface area contributed by atoms with Crippen LogP contribution in [0.15, 0.2) is 17.2 Å². The Kier molecular flexibility index (Phi) is 1.41. The van der Waals surface area contributed by atoms with Crippen molar-refractivity contribution in [2.75, 3.05) is 14.1 Å². The Hall–Kier alpha value is -1.68. The van der Waals surface area contributed by atoms with E-state index in [2.05, 4.69) is 41.3 Å². The topological polar surface area (TPSA) is 41.0 Å². The fourth-order valence-corrected chi connectivity index (χ4v) is 2.04. The van der Waals surface area contributed by atoms with Crippen molar-refractivity contribution < 1.29 is 0 Å². The quantitative estimate of drug-likeness (QED) is 0.648. The van der Waals surface area contributed by atoms with Crippen molar-refractivity contribution in [1.29, 1.82) is 0 Å². The molecule has 0 saturated carbocycles. The van der Waals surface area contributed by atoms with E-state index in [9.17, 15) is 0 Å². The minimum atomic E-state index is 0.559. The van der Waals surface area contributed by atoms with Crippen LogP contribution in [0.1, 0.15) is 11.4 Å². The first kappa shape index (κ1) is 8.61. The predicted molar refractivity (Wildman–Crippen MR) is 62.1 cm³/mol. The fraction of sp³-hybridized carbons (Fsp3) is 0.273. The van der Waals surface area contributed by atoms with Gasteiger partial charge in [0.05, 0.1) is 36.9 Å². The Morgan fingerprint density at radius 1 is 1.27 bits per heavy atom. The third-order valence-corrected chi connectivity index (χ3v) is 2.82. The molecule has 0 amide bonds. The minimum Gasteiger partial charge on any atom is -0.342 e. The molecule has 1 aromatic carbocycles. The maximum Gasteiger partial charge on any atom is 0.170 e. The van der Waals surface area contributed by atoms with Crippen LogP contribution in [0.25, 0.3) is 11.0 Å². The van der Waals surface area contributed by atoms with Gasteiger partial charge in [0.15, 0.2) is 5.69 Å². The molecule has 1 aromatic heterocycles. The molecule has 0 atom stereocenters. The summed E-state index contributed by atoms with van der Waals surface area (Å²) in [6, 6.07) is 4.22. The zero-order valence-electron chi connectivity index (χ0n) is 9.07. The summed E-state index contributed by atoms with van der Waals surface area (Å²) < 4.78 is 0.559. The fourth-order valence-electron chi connectivity index (χ4n) is 2.04. The maximum atomic E-state index is 4.43. The van der Waals surface area contributed by atoms with Gasteiger partial charge < -0.3 is 4.98 Å². The molecule has 4 heteroatoms. The summed E-state index contributed by atoms with van der Waals surface area (Å²) in [5.41, 5.74) is 4.48. The van der Waals surface area contributed by atoms with Crippen LogP contribution in [-0.4, -0.2) is 30.3 Å². The largest absolute Gasteiger partial charge is 0.342 e. The van der Waals surface area contributed by atoms with Crippen LogP contribution >= 0.6 is 0 Å². The molecule has 0 aliphatic carbocycles. The lowest BCUT2D eigenvalue weighted by molar-refractivity contribution is 0.436. The Morgan fingerprint density at radius 3 is 2.87 bits per heavy atom. The molecular formula is C11H13N4+. The normalized spacial score (nSPS) is 17.3. The molecule has 0 saturated heterocycles. The molecule has 0 bridgehead atoms. The van der Waals surface area contributed by atoms with Gasteiger partial charge in [-0.3, -0.25) is 0 Å². The van der Waals surface area contributed by atoms with Gasteiger partial charge in [0.2, 0.25) is 0 Å². The van der Waals surface area contributed by atoms with Crippen molar-refractivity contribution in [3.05, 3.63) is 23.5 Å². The molecule has 2 heterocycles. The van der Waals surface area contributed by atoms with Crippen molar-refractivity contribution in [3.63, 3.8) is 0 Å². The van der Waals surface area contributed by atoms with Crippen molar-refractivity contribution in [1.82, 2.24) is 14.6 Å². The molecule has 0 unspecified atom stereocenters. The number of hydrogen-bond donors (Lipinski definition) is 1. The van der Waals surface area contributed by atoms with Crippen LogP contribution < -0.4 is 4.59 Å². The number of nitrogens with one attached hydrogen (secondary N) is 1. The minimum absolute atomic E-state index is 0.559. The van der Waals surface area contributed by atoms with Gasteiger partial charge in [0.25, 0.3) is 0 Å². The number of quaternary nitrogens is 1. The van der Waals surface area contributed by atoms with Crippen molar-refractivity contribution in [3.8, 4) is 0 Å². The van der Waals surface area contributed by atoms with Crippen molar-refractivity contribution >= 4 is 22.9 Å². The van der Waals surface area contributed by atoms with Gasteiger partial charge in [0, 0.05) is 6.07 Å². The average Bonchev–Trinajstić information content (AvgIpc) is 2.64. The summed E-state index contributed by atoms with van der Waals surface area (Å²) in [5.74, 6) is 0.955. The van der Waals surface area contributed by atoms with E-state index >= 15 is 0 Å². The van der Waals surface area contributed by atoms with Gasteiger partial charge in [-0.15, -0.1) is 0 Å². The van der Waals surface area contributed by atoms with Crippen LogP contribution in [0, 0.1) is 6.92 Å². The summed E-state index contributed by atoms with van der Waals surface area (Å²) >= 11 is 0. The molecule has 0 fully saturated rings. The monoisotopic (exact) mass is 201 g/mol. The summed E-state index contributed by atoms with van der Waals surface area (Å²) in [5, 5.41) is 4.43. The highest BCUT2D eigenvalue weighted by Crippen LogP contribution is 2.31. The number of benzene rings is 1. The van der Waals surface area contributed by atoms with E-state index in [0.29, 0.717) is 4.59 Å². The first-order chi connectivity index (χ1) is 7.06. The molecule has 1 aliphatic rings. The molecule has 2 aromatic rings. The lowest BCUT2D eigenvalue weighted by Crippen LogP contribution is -2.31. The van der Waals surface area contributed by atoms with Gasteiger partial charge in [0.1, 0.15) is 5.82 Å². The van der Waals surface area contributed by atoms with Crippen LogP contribution in [0.2, 0.25) is 0 Å². The molecule has 4 nitrogen and oxygen atoms in total. The number of rotatable bonds is 0. The predicted octanol–water partition coefficient (Wildman–Crippen LogP) is 1.79. The first-order valence-corrected chi connectivity index (χ1v) is 4.97. The van der Waals surface area contributed by atoms with Gasteiger partial charge in [-0.1, -0.05) is 5.10 Å². The highest BCUT2D eigenvalue weighted by Gasteiger charge is 2.28. The third-order valence-electron chi connectivity index (χ3n) is 2.82. The van der Waals surface area contributed by atoms with E-state index in [1.807, 2.05) is 13.1 Å². The number of H-pyrrole nitrogens is 1. The highest BCUT2D eigenvalue weighted by atomic mass is 15.6. The maximum absolute atomic E-state index is 4.43. The zero-order chi connectivity index (χ0) is 10.6. The Morgan fingerprint density at radius 2 is 2.07 bits per heavy atom. The molecule has 76 valence electrons. The number of nitrogens with zero attached hydrogens (tertiary/aromatic N) is 3. The zero-order valence-corrected chi connectivity index (χ0v) is 9.07. The van der Waals surface area contributed by atoms with Crippen LogP contribution in [0.5, 0.6) is 0 Å². The second-order valence-corrected chi connectivity index (χ2v) is 4.39. The van der Waals surface area contributed by atoms with E-state index in [4.69, 9.17) is 0 Å². The van der Waals surface area contributed by atoms with E-state index < -0.39 is 0 Å². The average molecular weight is 201 g/mol. The smallest absolute Gasteiger partial charge is 0.170 e. The van der Waals surface area contributed by atoms with Crippen LogP contribution in [0.3, 0.4) is 0 Å². The molecule has 15 heavy (non-hydrogen) atoms. The number of fused-ring (bicyclic) bond motifs is 2. The Bertz CT molecular complexity index is 578. The number of aryl methyl sites for hydroxylation is 1. The van der Waals surface area contributed by atoms with Gasteiger partial charge in [-0.25, -0.2) is 4.98 Å². The molecule has 1 aliphatic heterocycles. The van der Waals surface area contributed by atoms with E-state index in [-0.39, 0.29) is 0 Å². The number of imidazole rings is 1. The van der Waals surface area contributed by atoms with Gasteiger partial charge >= 0.3 is 0 Å². The molecule has 0 spiro atoms. The Labute approximate surface area is 87.8 Å². The number of aromatic nitrogens is 2. The molecule has 0 radical (unpaired) electrons. The molecular weight excluding hydrogens is 188 g/mol. The van der Waals surface area contributed by atoms with E-state index in [1.165, 1.54) is 11.3 Å².